The van der Waals surface area contributed by atoms with Crippen molar-refractivity contribution in [3.8, 4) is 0 Å². The standard InChI is InChI=1S/C7H9N3O.CH3Br/c1-9-4-6-2-3-8-7(11)10(6)5-9;1-2/h4-5H,2-3H2,1H3;1H3/p+1. The van der Waals surface area contributed by atoms with Crippen LogP contribution in [0.25, 0.3) is 0 Å². The van der Waals surface area contributed by atoms with Gasteiger partial charge in [0.2, 0.25) is 0 Å². The first-order valence-corrected chi connectivity index (χ1v) is 5.58. The number of alkyl halides is 1. The SMILES string of the molecule is CBr.C[n+]1cc2n(c1)C(=O)NCC2. The number of fused-ring (bicyclic) bond motifs is 1. The summed E-state index contributed by atoms with van der Waals surface area (Å²) >= 11 is 2.94. The third-order valence-corrected chi connectivity index (χ3v) is 1.84. The van der Waals surface area contributed by atoms with E-state index in [2.05, 4.69) is 21.2 Å². The van der Waals surface area contributed by atoms with Gasteiger partial charge in [-0.1, -0.05) is 15.9 Å². The van der Waals surface area contributed by atoms with Crippen LogP contribution >= 0.6 is 15.9 Å². The van der Waals surface area contributed by atoms with Gasteiger partial charge in [0.1, 0.15) is 6.20 Å². The van der Waals surface area contributed by atoms with Crippen LogP contribution in [0.5, 0.6) is 0 Å². The zero-order chi connectivity index (χ0) is 9.84. The maximum absolute atomic E-state index is 11.1. The van der Waals surface area contributed by atoms with Crippen LogP contribution < -0.4 is 9.88 Å². The zero-order valence-corrected chi connectivity index (χ0v) is 9.34. The van der Waals surface area contributed by atoms with Crippen LogP contribution in [0, 0.1) is 0 Å². The molecule has 4 nitrogen and oxygen atoms in total. The van der Waals surface area contributed by atoms with Gasteiger partial charge in [0.05, 0.1) is 7.05 Å². The van der Waals surface area contributed by atoms with Gasteiger partial charge in [-0.15, -0.1) is 4.57 Å². The van der Waals surface area contributed by atoms with Gasteiger partial charge in [0.25, 0.3) is 6.33 Å². The lowest BCUT2D eigenvalue weighted by Crippen LogP contribution is -2.36. The summed E-state index contributed by atoms with van der Waals surface area (Å²) in [7, 11) is 1.92. The predicted molar refractivity (Wildman–Crippen MR) is 53.0 cm³/mol. The van der Waals surface area contributed by atoms with Gasteiger partial charge in [0.15, 0.2) is 5.69 Å². The molecule has 0 aliphatic carbocycles. The summed E-state index contributed by atoms with van der Waals surface area (Å²) in [6.45, 7) is 0.753. The maximum atomic E-state index is 11.1. The van der Waals surface area contributed by atoms with Crippen molar-refractivity contribution in [1.82, 2.24) is 9.88 Å². The number of imidazole rings is 1. The second-order valence-electron chi connectivity index (χ2n) is 2.75. The molecule has 0 unspecified atom stereocenters. The summed E-state index contributed by atoms with van der Waals surface area (Å²) in [4.78, 5) is 11.1. The minimum atomic E-state index is -0.0214. The number of nitrogens with one attached hydrogen (secondary N) is 1. The average molecular weight is 247 g/mol. The van der Waals surface area contributed by atoms with Crippen LogP contribution in [0.1, 0.15) is 5.69 Å². The molecule has 0 fully saturated rings. The van der Waals surface area contributed by atoms with E-state index < -0.39 is 0 Å². The highest BCUT2D eigenvalue weighted by molar-refractivity contribution is 9.08. The predicted octanol–water partition coefficient (Wildman–Crippen LogP) is 0.437. The molecule has 1 amide bonds. The van der Waals surface area contributed by atoms with Crippen molar-refractivity contribution in [2.45, 2.75) is 6.42 Å². The Morgan fingerprint density at radius 2 is 2.31 bits per heavy atom. The Morgan fingerprint density at radius 3 is 2.92 bits per heavy atom. The lowest BCUT2D eigenvalue weighted by molar-refractivity contribution is -0.670. The van der Waals surface area contributed by atoms with Crippen molar-refractivity contribution >= 4 is 22.0 Å². The molecule has 0 spiro atoms. The molecule has 72 valence electrons. The number of aromatic nitrogens is 2. The van der Waals surface area contributed by atoms with Crippen LogP contribution in [0.3, 0.4) is 0 Å². The Hall–Kier alpha value is -0.840. The third-order valence-electron chi connectivity index (χ3n) is 1.84. The molecular formula is C8H13BrN3O+. The quantitative estimate of drug-likeness (QED) is 0.524. The minimum absolute atomic E-state index is 0.0214. The zero-order valence-electron chi connectivity index (χ0n) is 7.75. The van der Waals surface area contributed by atoms with Gasteiger partial charge in [0, 0.05) is 13.0 Å². The highest BCUT2D eigenvalue weighted by Crippen LogP contribution is 2.01. The number of nitrogens with zero attached hydrogens (tertiary/aromatic N) is 2. The van der Waals surface area contributed by atoms with E-state index in [1.807, 2.05) is 23.6 Å². The Bertz CT molecular complexity index is 308. The number of hydrogen-bond acceptors (Lipinski definition) is 1. The summed E-state index contributed by atoms with van der Waals surface area (Å²) in [6.07, 6.45) is 4.68. The molecule has 13 heavy (non-hydrogen) atoms. The van der Waals surface area contributed by atoms with Gasteiger partial charge >= 0.3 is 6.03 Å². The Morgan fingerprint density at radius 1 is 1.62 bits per heavy atom. The summed E-state index contributed by atoms with van der Waals surface area (Å²) in [5.41, 5.74) is 1.08. The minimum Gasteiger partial charge on any atom is -0.317 e. The van der Waals surface area contributed by atoms with Crippen molar-refractivity contribution in [3.05, 3.63) is 18.2 Å². The molecule has 1 aliphatic heterocycles. The Labute approximate surface area is 85.7 Å². The Balaban J connectivity index is 0.000000396. The summed E-state index contributed by atoms with van der Waals surface area (Å²) < 4.78 is 3.53. The molecule has 2 heterocycles. The number of amides is 1. The smallest absolute Gasteiger partial charge is 0.317 e. The van der Waals surface area contributed by atoms with E-state index >= 15 is 0 Å². The third kappa shape index (κ3) is 2.09. The molecule has 1 aromatic heterocycles. The van der Waals surface area contributed by atoms with E-state index in [9.17, 15) is 4.79 Å². The average Bonchev–Trinajstić information content (AvgIpc) is 2.51. The fraction of sp³-hybridized carbons (Fsp3) is 0.500. The van der Waals surface area contributed by atoms with E-state index in [-0.39, 0.29) is 6.03 Å². The lowest BCUT2D eigenvalue weighted by Gasteiger charge is -2.07. The molecule has 0 bridgehead atoms. The highest BCUT2D eigenvalue weighted by atomic mass is 79.9. The molecular weight excluding hydrogens is 234 g/mol. The van der Waals surface area contributed by atoms with Crippen molar-refractivity contribution in [2.24, 2.45) is 7.05 Å². The number of hydrogen-bond donors (Lipinski definition) is 1. The van der Waals surface area contributed by atoms with Crippen molar-refractivity contribution in [3.63, 3.8) is 0 Å². The summed E-state index contributed by atoms with van der Waals surface area (Å²) in [5.74, 6) is 1.81. The van der Waals surface area contributed by atoms with Crippen molar-refractivity contribution < 1.29 is 9.36 Å². The number of halogens is 1. The van der Waals surface area contributed by atoms with Crippen LogP contribution in [0.2, 0.25) is 0 Å². The molecule has 0 saturated carbocycles. The van der Waals surface area contributed by atoms with Crippen LogP contribution in [0.15, 0.2) is 12.5 Å². The topological polar surface area (TPSA) is 37.9 Å². The van der Waals surface area contributed by atoms with Crippen LogP contribution in [0.4, 0.5) is 4.79 Å². The molecule has 2 rings (SSSR count). The van der Waals surface area contributed by atoms with E-state index in [1.54, 1.807) is 10.9 Å². The Kier molecular flexibility index (Phi) is 3.48. The molecule has 0 saturated heterocycles. The fourth-order valence-electron chi connectivity index (χ4n) is 1.34. The first-order chi connectivity index (χ1) is 6.27. The molecule has 1 aromatic rings. The summed E-state index contributed by atoms with van der Waals surface area (Å²) in [5, 5.41) is 2.76. The van der Waals surface area contributed by atoms with Crippen LogP contribution in [-0.2, 0) is 13.5 Å². The molecule has 0 radical (unpaired) electrons. The first-order valence-electron chi connectivity index (χ1n) is 4.00. The normalized spacial score (nSPS) is 13.9. The molecule has 0 atom stereocenters. The van der Waals surface area contributed by atoms with Gasteiger partial charge in [-0.3, -0.25) is 0 Å². The number of aryl methyl sites for hydroxylation is 1. The monoisotopic (exact) mass is 246 g/mol. The first kappa shape index (κ1) is 10.2. The number of carbonyl (C=O) groups is 1. The van der Waals surface area contributed by atoms with Crippen molar-refractivity contribution in [2.75, 3.05) is 12.4 Å². The van der Waals surface area contributed by atoms with E-state index in [1.165, 1.54) is 0 Å². The van der Waals surface area contributed by atoms with E-state index in [4.69, 9.17) is 0 Å². The lowest BCUT2D eigenvalue weighted by atomic mass is 10.3. The second kappa shape index (κ2) is 4.41. The van der Waals surface area contributed by atoms with Crippen molar-refractivity contribution in [1.29, 1.82) is 0 Å². The number of rotatable bonds is 0. The molecule has 0 aromatic carbocycles. The van der Waals surface area contributed by atoms with Gasteiger partial charge < -0.3 is 5.32 Å². The van der Waals surface area contributed by atoms with Gasteiger partial charge in [-0.2, -0.15) is 0 Å². The number of carbonyl (C=O) groups excluding carboxylic acids is 1. The molecule has 1 N–H and O–H groups in total. The highest BCUT2D eigenvalue weighted by Gasteiger charge is 2.22. The summed E-state index contributed by atoms with van der Waals surface area (Å²) in [6, 6.07) is -0.0214. The fourth-order valence-corrected chi connectivity index (χ4v) is 1.34. The van der Waals surface area contributed by atoms with E-state index in [0.29, 0.717) is 0 Å². The largest absolute Gasteiger partial charge is 0.413 e. The van der Waals surface area contributed by atoms with Gasteiger partial charge in [-0.05, 0) is 5.83 Å². The van der Waals surface area contributed by atoms with Gasteiger partial charge in [-0.25, -0.2) is 9.36 Å². The molecule has 5 heteroatoms. The van der Waals surface area contributed by atoms with Crippen LogP contribution in [-0.4, -0.2) is 23.0 Å². The second-order valence-corrected chi connectivity index (χ2v) is 2.75. The molecule has 1 aliphatic rings. The van der Waals surface area contributed by atoms with E-state index in [0.717, 1.165) is 18.7 Å². The maximum Gasteiger partial charge on any atom is 0.413 e.